The number of carbonyl (C=O) groups excluding carboxylic acids is 2. The van der Waals surface area contributed by atoms with E-state index in [0.717, 1.165) is 22.6 Å². The molecule has 0 saturated carbocycles. The first-order chi connectivity index (χ1) is 17.5. The molecule has 8 nitrogen and oxygen atoms in total. The summed E-state index contributed by atoms with van der Waals surface area (Å²) in [5.74, 6) is 0.751. The summed E-state index contributed by atoms with van der Waals surface area (Å²) in [5.41, 5.74) is 3.18. The van der Waals surface area contributed by atoms with Gasteiger partial charge in [0.15, 0.2) is 11.4 Å². The van der Waals surface area contributed by atoms with Crippen molar-refractivity contribution < 1.29 is 28.5 Å². The highest BCUT2D eigenvalue weighted by Gasteiger charge is 2.26. The van der Waals surface area contributed by atoms with Crippen molar-refractivity contribution in [3.8, 4) is 11.5 Å². The second kappa shape index (κ2) is 9.71. The molecule has 0 aliphatic carbocycles. The number of benzene rings is 3. The molecule has 0 fully saturated rings. The maximum absolute atomic E-state index is 12.3. The van der Waals surface area contributed by atoms with Gasteiger partial charge >= 0.3 is 11.9 Å². The maximum atomic E-state index is 12.3. The van der Waals surface area contributed by atoms with E-state index in [1.807, 2.05) is 24.3 Å². The molecule has 0 spiro atoms. The van der Waals surface area contributed by atoms with Gasteiger partial charge in [-0.05, 0) is 71.8 Å². The lowest BCUT2D eigenvalue weighted by molar-refractivity contribution is -0.130. The Hall–Kier alpha value is -4.98. The van der Waals surface area contributed by atoms with Crippen molar-refractivity contribution in [2.45, 2.75) is 0 Å². The van der Waals surface area contributed by atoms with Crippen molar-refractivity contribution in [3.05, 3.63) is 106 Å². The number of ether oxygens (including phenoxy) is 4. The Labute approximate surface area is 206 Å². The molecule has 5 rings (SSSR count). The molecule has 0 unspecified atom stereocenters. The molecular formula is C28H20N2O6. The topological polar surface area (TPSA) is 95.8 Å². The first-order valence-electron chi connectivity index (χ1n) is 11.0. The van der Waals surface area contributed by atoms with E-state index in [1.54, 1.807) is 74.9 Å². The fraction of sp³-hybridized carbons (Fsp3) is 0.0714. The smallest absolute Gasteiger partial charge is 0.363 e. The lowest BCUT2D eigenvalue weighted by atomic mass is 10.1. The number of nitrogens with zero attached hydrogens (tertiary/aromatic N) is 2. The van der Waals surface area contributed by atoms with Gasteiger partial charge in [-0.3, -0.25) is 0 Å². The summed E-state index contributed by atoms with van der Waals surface area (Å²) in [6, 6.07) is 21.4. The lowest BCUT2D eigenvalue weighted by Crippen LogP contribution is -2.07. The summed E-state index contributed by atoms with van der Waals surface area (Å²) >= 11 is 0. The van der Waals surface area contributed by atoms with Gasteiger partial charge in [-0.1, -0.05) is 24.3 Å². The zero-order chi connectivity index (χ0) is 25.1. The monoisotopic (exact) mass is 480 g/mol. The third-order valence-corrected chi connectivity index (χ3v) is 5.46. The highest BCUT2D eigenvalue weighted by Crippen LogP contribution is 2.23. The van der Waals surface area contributed by atoms with Crippen molar-refractivity contribution in [1.29, 1.82) is 0 Å². The van der Waals surface area contributed by atoms with Crippen LogP contribution in [0, 0.1) is 0 Å². The van der Waals surface area contributed by atoms with Crippen molar-refractivity contribution in [2.24, 2.45) is 9.98 Å². The zero-order valence-electron chi connectivity index (χ0n) is 19.4. The summed E-state index contributed by atoms with van der Waals surface area (Å²) in [5, 5.41) is 0. The Morgan fingerprint density at radius 3 is 1.28 bits per heavy atom. The number of methoxy groups -OCH3 is 2. The third kappa shape index (κ3) is 4.78. The Morgan fingerprint density at radius 1 is 0.583 bits per heavy atom. The zero-order valence-corrected chi connectivity index (χ0v) is 19.4. The Kier molecular flexibility index (Phi) is 6.15. The molecule has 2 aliphatic rings. The molecule has 3 aromatic rings. The first kappa shape index (κ1) is 22.8. The first-order valence-corrected chi connectivity index (χ1v) is 11.0. The van der Waals surface area contributed by atoms with E-state index in [-0.39, 0.29) is 23.2 Å². The summed E-state index contributed by atoms with van der Waals surface area (Å²) in [7, 11) is 3.18. The van der Waals surface area contributed by atoms with Crippen LogP contribution in [0.5, 0.6) is 11.5 Å². The minimum atomic E-state index is -0.535. The minimum Gasteiger partial charge on any atom is -0.497 e. The minimum absolute atomic E-state index is 0.191. The fourth-order valence-corrected chi connectivity index (χ4v) is 3.54. The largest absolute Gasteiger partial charge is 0.497 e. The summed E-state index contributed by atoms with van der Waals surface area (Å²) in [6.07, 6.45) is 3.29. The van der Waals surface area contributed by atoms with E-state index in [1.165, 1.54) is 0 Å². The normalized spacial score (nSPS) is 17.1. The van der Waals surface area contributed by atoms with E-state index >= 15 is 0 Å². The molecule has 2 heterocycles. The number of cyclic esters (lactones) is 2. The summed E-state index contributed by atoms with van der Waals surface area (Å²) in [4.78, 5) is 33.3. The van der Waals surface area contributed by atoms with Crippen molar-refractivity contribution in [1.82, 2.24) is 0 Å². The van der Waals surface area contributed by atoms with Gasteiger partial charge in [-0.15, -0.1) is 0 Å². The van der Waals surface area contributed by atoms with Gasteiger partial charge < -0.3 is 18.9 Å². The quantitative estimate of drug-likeness (QED) is 0.384. The number of rotatable bonds is 6. The summed E-state index contributed by atoms with van der Waals surface area (Å²) in [6.45, 7) is 0. The van der Waals surface area contributed by atoms with Crippen LogP contribution >= 0.6 is 0 Å². The van der Waals surface area contributed by atoms with Gasteiger partial charge in [0, 0.05) is 11.1 Å². The number of hydrogen-bond donors (Lipinski definition) is 0. The fourth-order valence-electron chi connectivity index (χ4n) is 3.54. The highest BCUT2D eigenvalue weighted by atomic mass is 16.6. The number of aliphatic imine (C=N–C) groups is 2. The average Bonchev–Trinajstić information content (AvgIpc) is 3.47. The summed E-state index contributed by atoms with van der Waals surface area (Å²) < 4.78 is 21.0. The van der Waals surface area contributed by atoms with Crippen LogP contribution < -0.4 is 9.47 Å². The Morgan fingerprint density at radius 2 is 0.944 bits per heavy atom. The standard InChI is InChI=1S/C28H20N2O6/c1-33-21-11-3-17(4-12-21)15-23-27(31)35-25(29-23)19-7-9-20(10-8-19)26-30-24(28(32)36-26)16-18-5-13-22(34-2)14-6-18/h3-16H,1-2H3/b23-15-,24-16-. The Bertz CT molecular complexity index is 1330. The van der Waals surface area contributed by atoms with E-state index < -0.39 is 11.9 Å². The molecule has 0 saturated heterocycles. The predicted molar refractivity (Wildman–Crippen MR) is 134 cm³/mol. The molecule has 2 aliphatic heterocycles. The molecule has 36 heavy (non-hydrogen) atoms. The highest BCUT2D eigenvalue weighted by molar-refractivity contribution is 6.14. The van der Waals surface area contributed by atoms with Crippen molar-refractivity contribution in [2.75, 3.05) is 14.2 Å². The van der Waals surface area contributed by atoms with Crippen LogP contribution in [0.2, 0.25) is 0 Å². The van der Waals surface area contributed by atoms with Gasteiger partial charge in [0.2, 0.25) is 11.8 Å². The molecule has 3 aromatic carbocycles. The maximum Gasteiger partial charge on any atom is 0.363 e. The molecule has 8 heteroatoms. The molecule has 0 aromatic heterocycles. The van der Waals surface area contributed by atoms with E-state index in [4.69, 9.17) is 18.9 Å². The Balaban J connectivity index is 1.33. The molecule has 0 atom stereocenters. The average molecular weight is 480 g/mol. The number of esters is 2. The number of hydrogen-bond acceptors (Lipinski definition) is 8. The number of carbonyl (C=O) groups is 2. The van der Waals surface area contributed by atoms with Crippen LogP contribution in [0.1, 0.15) is 22.3 Å². The van der Waals surface area contributed by atoms with Crippen LogP contribution in [-0.2, 0) is 19.1 Å². The van der Waals surface area contributed by atoms with E-state index in [9.17, 15) is 9.59 Å². The van der Waals surface area contributed by atoms with Gasteiger partial charge in [-0.2, -0.15) is 0 Å². The molecule has 178 valence electrons. The van der Waals surface area contributed by atoms with Gasteiger partial charge in [-0.25, -0.2) is 19.6 Å². The molecule has 0 bridgehead atoms. The predicted octanol–water partition coefficient (Wildman–Crippen LogP) is 4.39. The van der Waals surface area contributed by atoms with Crippen LogP contribution in [-0.4, -0.2) is 38.0 Å². The SMILES string of the molecule is COc1ccc(/C=C2\N=C(c3ccc(C4=N/C(=C\c5ccc(OC)cc5)C(=O)O4)cc3)OC2=O)cc1. The molecular weight excluding hydrogens is 460 g/mol. The van der Waals surface area contributed by atoms with Crippen LogP contribution in [0.3, 0.4) is 0 Å². The van der Waals surface area contributed by atoms with Crippen molar-refractivity contribution >= 4 is 35.9 Å². The molecule has 0 radical (unpaired) electrons. The third-order valence-electron chi connectivity index (χ3n) is 5.46. The van der Waals surface area contributed by atoms with E-state index in [2.05, 4.69) is 9.98 Å². The lowest BCUT2D eigenvalue weighted by Gasteiger charge is -2.02. The van der Waals surface area contributed by atoms with Crippen molar-refractivity contribution in [3.63, 3.8) is 0 Å². The van der Waals surface area contributed by atoms with Gasteiger partial charge in [0.1, 0.15) is 11.5 Å². The van der Waals surface area contributed by atoms with Gasteiger partial charge in [0.05, 0.1) is 14.2 Å². The van der Waals surface area contributed by atoms with Crippen LogP contribution in [0.4, 0.5) is 0 Å². The van der Waals surface area contributed by atoms with E-state index in [0.29, 0.717) is 11.1 Å². The molecule has 0 N–H and O–H groups in total. The van der Waals surface area contributed by atoms with Gasteiger partial charge in [0.25, 0.3) is 0 Å². The van der Waals surface area contributed by atoms with Crippen LogP contribution in [0.15, 0.2) is 94.2 Å². The molecule has 0 amide bonds. The second-order valence-corrected chi connectivity index (χ2v) is 7.80. The van der Waals surface area contributed by atoms with Crippen LogP contribution in [0.25, 0.3) is 12.2 Å². The second-order valence-electron chi connectivity index (χ2n) is 7.80.